The first kappa shape index (κ1) is 18.0. The Bertz CT molecular complexity index is 981. The normalized spacial score (nSPS) is 10.7. The van der Waals surface area contributed by atoms with Gasteiger partial charge in [0.15, 0.2) is 0 Å². The lowest BCUT2D eigenvalue weighted by Gasteiger charge is -2.11. The topological polar surface area (TPSA) is 80.3 Å². The number of amides is 2. The van der Waals surface area contributed by atoms with E-state index in [0.29, 0.717) is 16.9 Å². The molecule has 0 radical (unpaired) electrons. The van der Waals surface area contributed by atoms with Crippen LogP contribution in [0.4, 0.5) is 11.4 Å². The Hall–Kier alpha value is -2.77. The van der Waals surface area contributed by atoms with Crippen molar-refractivity contribution in [1.29, 1.82) is 0 Å². The third-order valence-electron chi connectivity index (χ3n) is 3.80. The van der Waals surface area contributed by atoms with Crippen molar-refractivity contribution >= 4 is 44.7 Å². The molecular weight excluding hydrogens is 350 g/mol. The van der Waals surface area contributed by atoms with E-state index in [1.165, 1.54) is 7.11 Å². The van der Waals surface area contributed by atoms with Crippen LogP contribution in [0.15, 0.2) is 36.4 Å². The molecule has 0 bridgehead atoms. The van der Waals surface area contributed by atoms with E-state index in [2.05, 4.69) is 15.6 Å². The van der Waals surface area contributed by atoms with E-state index in [9.17, 15) is 9.59 Å². The average molecular weight is 369 g/mol. The first-order chi connectivity index (χ1) is 12.5. The first-order valence-electron chi connectivity index (χ1n) is 8.04. The number of carbonyl (C=O) groups is 2. The summed E-state index contributed by atoms with van der Waals surface area (Å²) in [4.78, 5) is 28.7. The number of hydrogen-bond donors (Lipinski definition) is 2. The van der Waals surface area contributed by atoms with Gasteiger partial charge < -0.3 is 15.4 Å². The lowest BCUT2D eigenvalue weighted by Crippen LogP contribution is -2.18. The second kappa shape index (κ2) is 7.63. The fourth-order valence-electron chi connectivity index (χ4n) is 2.54. The molecule has 134 valence electrons. The monoisotopic (exact) mass is 369 g/mol. The van der Waals surface area contributed by atoms with E-state index < -0.39 is 0 Å². The Morgan fingerprint density at radius 1 is 1.12 bits per heavy atom. The highest BCUT2D eigenvalue weighted by Crippen LogP contribution is 2.24. The molecule has 0 aliphatic heterocycles. The van der Waals surface area contributed by atoms with Gasteiger partial charge in [0.05, 0.1) is 15.2 Å². The van der Waals surface area contributed by atoms with Gasteiger partial charge in [-0.3, -0.25) is 9.59 Å². The van der Waals surface area contributed by atoms with Crippen LogP contribution in [0, 0.1) is 13.8 Å². The van der Waals surface area contributed by atoms with Crippen LogP contribution in [-0.2, 0) is 9.53 Å². The fraction of sp³-hybridized carbons (Fsp3) is 0.211. The van der Waals surface area contributed by atoms with Crippen LogP contribution in [-0.4, -0.2) is 30.5 Å². The summed E-state index contributed by atoms with van der Waals surface area (Å²) in [6.07, 6.45) is 0. The summed E-state index contributed by atoms with van der Waals surface area (Å²) < 4.78 is 5.78. The smallest absolute Gasteiger partial charge is 0.255 e. The van der Waals surface area contributed by atoms with Gasteiger partial charge in [0, 0.05) is 24.0 Å². The van der Waals surface area contributed by atoms with Gasteiger partial charge >= 0.3 is 0 Å². The van der Waals surface area contributed by atoms with Crippen molar-refractivity contribution in [3.8, 4) is 0 Å². The number of methoxy groups -OCH3 is 1. The van der Waals surface area contributed by atoms with Crippen molar-refractivity contribution < 1.29 is 14.3 Å². The minimum atomic E-state index is -0.250. The number of rotatable bonds is 5. The molecule has 0 saturated carbocycles. The Morgan fingerprint density at radius 2 is 1.92 bits per heavy atom. The van der Waals surface area contributed by atoms with Gasteiger partial charge in [-0.05, 0) is 49.7 Å². The third kappa shape index (κ3) is 4.07. The molecule has 0 atom stereocenters. The average Bonchev–Trinajstić information content (AvgIpc) is 2.97. The van der Waals surface area contributed by atoms with Gasteiger partial charge in [0.25, 0.3) is 5.91 Å². The van der Waals surface area contributed by atoms with E-state index >= 15 is 0 Å². The molecular formula is C19H19N3O3S. The van der Waals surface area contributed by atoms with E-state index in [0.717, 1.165) is 20.8 Å². The van der Waals surface area contributed by atoms with Crippen LogP contribution < -0.4 is 10.6 Å². The van der Waals surface area contributed by atoms with Crippen molar-refractivity contribution in [2.24, 2.45) is 0 Å². The largest absolute Gasteiger partial charge is 0.375 e. The summed E-state index contributed by atoms with van der Waals surface area (Å²) in [5.41, 5.74) is 3.60. The van der Waals surface area contributed by atoms with E-state index in [4.69, 9.17) is 4.74 Å². The van der Waals surface area contributed by atoms with Crippen molar-refractivity contribution in [2.45, 2.75) is 13.8 Å². The Labute approximate surface area is 155 Å². The number of ether oxygens (including phenoxy) is 1. The van der Waals surface area contributed by atoms with Crippen LogP contribution >= 0.6 is 11.3 Å². The molecule has 3 aromatic rings. The molecule has 7 heteroatoms. The summed E-state index contributed by atoms with van der Waals surface area (Å²) in [5.74, 6) is -0.457. The van der Waals surface area contributed by atoms with Gasteiger partial charge in [0.1, 0.15) is 6.61 Å². The molecule has 26 heavy (non-hydrogen) atoms. The molecule has 0 fully saturated rings. The van der Waals surface area contributed by atoms with Gasteiger partial charge in [-0.25, -0.2) is 4.98 Å². The number of nitrogens with one attached hydrogen (secondary N) is 2. The highest BCUT2D eigenvalue weighted by Gasteiger charge is 2.11. The van der Waals surface area contributed by atoms with Crippen molar-refractivity contribution in [1.82, 2.24) is 4.98 Å². The van der Waals surface area contributed by atoms with Crippen LogP contribution in [0.1, 0.15) is 20.9 Å². The zero-order valence-corrected chi connectivity index (χ0v) is 15.6. The molecule has 2 aromatic carbocycles. The lowest BCUT2D eigenvalue weighted by atomic mass is 10.1. The second-order valence-electron chi connectivity index (χ2n) is 5.88. The molecule has 6 nitrogen and oxygen atoms in total. The number of thiazole rings is 1. The molecule has 0 aliphatic carbocycles. The number of nitrogens with zero attached hydrogens (tertiary/aromatic N) is 1. The molecule has 1 heterocycles. The number of aryl methyl sites for hydroxylation is 2. The lowest BCUT2D eigenvalue weighted by molar-refractivity contribution is -0.119. The van der Waals surface area contributed by atoms with Gasteiger partial charge in [-0.15, -0.1) is 11.3 Å². The molecule has 3 rings (SSSR count). The summed E-state index contributed by atoms with van der Waals surface area (Å²) >= 11 is 1.56. The van der Waals surface area contributed by atoms with E-state index in [1.807, 2.05) is 32.0 Å². The Balaban J connectivity index is 1.79. The predicted molar refractivity (Wildman–Crippen MR) is 104 cm³/mol. The molecule has 2 N–H and O–H groups in total. The summed E-state index contributed by atoms with van der Waals surface area (Å²) in [7, 11) is 1.46. The highest BCUT2D eigenvalue weighted by atomic mass is 32.1. The minimum Gasteiger partial charge on any atom is -0.375 e. The van der Waals surface area contributed by atoms with E-state index in [1.54, 1.807) is 29.5 Å². The van der Waals surface area contributed by atoms with Crippen LogP contribution in [0.25, 0.3) is 10.2 Å². The summed E-state index contributed by atoms with van der Waals surface area (Å²) in [5, 5.41) is 6.60. The molecule has 0 saturated heterocycles. The molecule has 0 aliphatic rings. The molecule has 0 unspecified atom stereocenters. The Morgan fingerprint density at radius 3 is 2.69 bits per heavy atom. The zero-order chi connectivity index (χ0) is 18.7. The third-order valence-corrected chi connectivity index (χ3v) is 4.74. The van der Waals surface area contributed by atoms with Crippen LogP contribution in [0.2, 0.25) is 0 Å². The van der Waals surface area contributed by atoms with Crippen LogP contribution in [0.5, 0.6) is 0 Å². The highest BCUT2D eigenvalue weighted by molar-refractivity contribution is 7.18. The minimum absolute atomic E-state index is 0.0240. The van der Waals surface area contributed by atoms with Crippen molar-refractivity contribution in [3.63, 3.8) is 0 Å². The maximum Gasteiger partial charge on any atom is 0.255 e. The number of fused-ring (bicyclic) bond motifs is 1. The molecule has 0 spiro atoms. The predicted octanol–water partition coefficient (Wildman–Crippen LogP) is 3.75. The number of carbonyl (C=O) groups excluding carboxylic acids is 2. The maximum atomic E-state index is 12.6. The summed E-state index contributed by atoms with van der Waals surface area (Å²) in [6.45, 7) is 3.81. The quantitative estimate of drug-likeness (QED) is 0.718. The number of aromatic nitrogens is 1. The number of anilines is 2. The Kier molecular flexibility index (Phi) is 5.29. The molecule has 1 aromatic heterocycles. The van der Waals surface area contributed by atoms with Gasteiger partial charge in [-0.2, -0.15) is 0 Å². The van der Waals surface area contributed by atoms with Crippen molar-refractivity contribution in [2.75, 3.05) is 24.4 Å². The van der Waals surface area contributed by atoms with Crippen molar-refractivity contribution in [3.05, 3.63) is 52.5 Å². The fourth-order valence-corrected chi connectivity index (χ4v) is 3.40. The standard InChI is InChI=1S/C19H19N3O3S/c1-11-4-6-14(21-18(23)10-25-3)9-16(11)22-19(24)13-5-7-15-17(8-13)26-12(2)20-15/h4-9H,10H2,1-3H3,(H,21,23)(H,22,24). The maximum absolute atomic E-state index is 12.6. The zero-order valence-electron chi connectivity index (χ0n) is 14.8. The number of benzene rings is 2. The van der Waals surface area contributed by atoms with Gasteiger partial charge in [-0.1, -0.05) is 6.07 Å². The number of hydrogen-bond acceptors (Lipinski definition) is 5. The van der Waals surface area contributed by atoms with E-state index in [-0.39, 0.29) is 18.4 Å². The summed E-state index contributed by atoms with van der Waals surface area (Å²) in [6, 6.07) is 10.8. The SMILES string of the molecule is COCC(=O)Nc1ccc(C)c(NC(=O)c2ccc3nc(C)sc3c2)c1. The first-order valence-corrected chi connectivity index (χ1v) is 8.86. The van der Waals surface area contributed by atoms with Gasteiger partial charge in [0.2, 0.25) is 5.91 Å². The second-order valence-corrected chi connectivity index (χ2v) is 7.12. The van der Waals surface area contributed by atoms with Crippen LogP contribution in [0.3, 0.4) is 0 Å². The molecule has 2 amide bonds.